The van der Waals surface area contributed by atoms with Gasteiger partial charge in [0.2, 0.25) is 5.52 Å². The van der Waals surface area contributed by atoms with E-state index in [2.05, 4.69) is 102 Å². The Morgan fingerprint density at radius 2 is 1.38 bits per heavy atom. The van der Waals surface area contributed by atoms with Crippen LogP contribution in [0.5, 0.6) is 0 Å². The molecule has 0 bridgehead atoms. The molecule has 0 unspecified atom stereocenters. The summed E-state index contributed by atoms with van der Waals surface area (Å²) in [7, 11) is -4.34. The number of nitrogens with zero attached hydrogens (tertiary/aromatic N) is 2. The van der Waals surface area contributed by atoms with Crippen LogP contribution in [0.4, 0.5) is 5.69 Å². The minimum atomic E-state index is -4.34. The Morgan fingerprint density at radius 3 is 2.09 bits per heavy atom. The minimum Gasteiger partial charge on any atom is -0.744 e. The molecule has 7 aromatic rings. The van der Waals surface area contributed by atoms with Gasteiger partial charge >= 0.3 is 0 Å². The van der Waals surface area contributed by atoms with Gasteiger partial charge < -0.3 is 9.45 Å². The largest absolute Gasteiger partial charge is 0.744 e. The minimum absolute atomic E-state index is 0.184. The summed E-state index contributed by atoms with van der Waals surface area (Å²) in [6.45, 7) is 6.41. The average Bonchev–Trinajstić information content (AvgIpc) is 3.61. The molecule has 5 nitrogen and oxygen atoms in total. The fraction of sp³-hybridized carbons (Fsp3) is 0.108. The normalized spacial score (nSPS) is 13.9. The number of fused-ring (bicyclic) bond motifs is 7. The molecule has 2 heterocycles. The number of thioether (sulfide) groups is 1. The van der Waals surface area contributed by atoms with Crippen LogP contribution in [0.3, 0.4) is 0 Å². The third kappa shape index (κ3) is 5.48. The lowest BCUT2D eigenvalue weighted by Gasteiger charge is -2.17. The molecule has 0 N–H and O–H groups in total. The van der Waals surface area contributed by atoms with Gasteiger partial charge in [0.05, 0.1) is 21.7 Å². The van der Waals surface area contributed by atoms with Crippen molar-refractivity contribution >= 4 is 87.5 Å². The first-order valence-electron chi connectivity index (χ1n) is 14.8. The van der Waals surface area contributed by atoms with Crippen LogP contribution in [0.25, 0.3) is 48.6 Å². The molecular formula is C37H30N2O3S3. The highest BCUT2D eigenvalue weighted by atomic mass is 32.2. The molecule has 6 aromatic carbocycles. The summed E-state index contributed by atoms with van der Waals surface area (Å²) >= 11 is 3.81. The van der Waals surface area contributed by atoms with Crippen LogP contribution in [0, 0.1) is 0 Å². The maximum absolute atomic E-state index is 10.7. The zero-order valence-corrected chi connectivity index (χ0v) is 27.3. The van der Waals surface area contributed by atoms with Crippen molar-refractivity contribution in [3.63, 3.8) is 0 Å². The predicted molar refractivity (Wildman–Crippen MR) is 188 cm³/mol. The van der Waals surface area contributed by atoms with Crippen LogP contribution in [-0.2, 0) is 16.7 Å². The molecule has 0 saturated heterocycles. The molecule has 45 heavy (non-hydrogen) atoms. The Balaban J connectivity index is 0.000000195. The van der Waals surface area contributed by atoms with Gasteiger partial charge in [-0.1, -0.05) is 108 Å². The quantitative estimate of drug-likeness (QED) is 0.141. The second-order valence-corrected chi connectivity index (χ2v) is 14.2. The molecule has 0 fully saturated rings. The van der Waals surface area contributed by atoms with E-state index in [0.717, 1.165) is 23.9 Å². The van der Waals surface area contributed by atoms with E-state index >= 15 is 0 Å². The number of hydrogen-bond donors (Lipinski definition) is 0. The molecule has 8 rings (SSSR count). The predicted octanol–water partition coefficient (Wildman–Crippen LogP) is 9.19. The number of benzene rings is 6. The standard InChI is InChI=1S/C27H23N2S2.C10H8O3S/c1-3-28-22-15-13-18-9-5-7-11-20(18)26(22)30-24(28)17-25-29(4-2)23-16-14-19-10-6-8-12-21(19)27(23)31-25;11-14(12,13)10-6-5-8-3-1-2-4-9(8)7-10/h5-17H,3-4H2,1-2H3;1-7H,(H,11,12,13)/q+1;/p-1. The van der Waals surface area contributed by atoms with Gasteiger partial charge in [-0.15, -0.1) is 0 Å². The van der Waals surface area contributed by atoms with E-state index in [1.165, 1.54) is 64.5 Å². The molecule has 0 aliphatic carbocycles. The van der Waals surface area contributed by atoms with E-state index in [1.807, 2.05) is 35.2 Å². The van der Waals surface area contributed by atoms with Crippen molar-refractivity contribution in [2.24, 2.45) is 0 Å². The van der Waals surface area contributed by atoms with Crippen LogP contribution in [0.1, 0.15) is 18.9 Å². The number of aromatic nitrogens is 1. The second-order valence-electron chi connectivity index (χ2n) is 10.7. The van der Waals surface area contributed by atoms with Gasteiger partial charge in [0.1, 0.15) is 21.4 Å². The van der Waals surface area contributed by atoms with E-state index in [0.29, 0.717) is 0 Å². The first-order chi connectivity index (χ1) is 21.9. The third-order valence-corrected chi connectivity index (χ3v) is 11.3. The van der Waals surface area contributed by atoms with Crippen LogP contribution in [0.2, 0.25) is 0 Å². The SMILES string of the molecule is CCN1C(=Cc2sc3c4ccccc4ccc3[n+]2CC)Sc2c1ccc1ccccc21.O=S(=O)([O-])c1ccc2ccccc2c1. The zero-order chi connectivity index (χ0) is 31.1. The van der Waals surface area contributed by atoms with Crippen molar-refractivity contribution in [3.05, 3.63) is 125 Å². The van der Waals surface area contributed by atoms with Crippen molar-refractivity contribution in [1.29, 1.82) is 0 Å². The van der Waals surface area contributed by atoms with Crippen LogP contribution in [-0.4, -0.2) is 19.5 Å². The number of rotatable bonds is 4. The van der Waals surface area contributed by atoms with Gasteiger partial charge in [-0.05, 0) is 65.0 Å². The van der Waals surface area contributed by atoms with Crippen molar-refractivity contribution in [1.82, 2.24) is 0 Å². The summed E-state index contributed by atoms with van der Waals surface area (Å²) in [6, 6.07) is 38.1. The summed E-state index contributed by atoms with van der Waals surface area (Å²) in [5.41, 5.74) is 2.65. The molecule has 1 aliphatic rings. The Morgan fingerprint density at radius 1 is 0.756 bits per heavy atom. The molecule has 0 spiro atoms. The monoisotopic (exact) mass is 646 g/mol. The lowest BCUT2D eigenvalue weighted by molar-refractivity contribution is -0.665. The smallest absolute Gasteiger partial charge is 0.265 e. The van der Waals surface area contributed by atoms with Crippen molar-refractivity contribution in [2.45, 2.75) is 30.2 Å². The fourth-order valence-corrected chi connectivity index (χ4v) is 9.13. The first kappa shape index (κ1) is 29.5. The van der Waals surface area contributed by atoms with Crippen molar-refractivity contribution < 1.29 is 17.5 Å². The molecule has 0 atom stereocenters. The number of anilines is 1. The number of thiazole rings is 1. The summed E-state index contributed by atoms with van der Waals surface area (Å²) < 4.78 is 36.0. The molecule has 1 aliphatic heterocycles. The Bertz CT molecular complexity index is 2380. The van der Waals surface area contributed by atoms with Crippen molar-refractivity contribution in [3.8, 4) is 0 Å². The van der Waals surface area contributed by atoms with Crippen LogP contribution >= 0.6 is 23.1 Å². The highest BCUT2D eigenvalue weighted by Crippen LogP contribution is 2.50. The maximum Gasteiger partial charge on any atom is 0.265 e. The lowest BCUT2D eigenvalue weighted by Crippen LogP contribution is -2.33. The Labute approximate surface area is 270 Å². The van der Waals surface area contributed by atoms with Gasteiger partial charge in [-0.25, -0.2) is 8.42 Å². The highest BCUT2D eigenvalue weighted by molar-refractivity contribution is 8.04. The summed E-state index contributed by atoms with van der Waals surface area (Å²) in [6.07, 6.45) is 2.39. The summed E-state index contributed by atoms with van der Waals surface area (Å²) in [5, 5.41) is 9.60. The Hall–Kier alpha value is -4.21. The Kier molecular flexibility index (Phi) is 7.83. The fourth-order valence-electron chi connectivity index (χ4n) is 5.96. The van der Waals surface area contributed by atoms with Gasteiger partial charge in [0.15, 0.2) is 0 Å². The number of hydrogen-bond acceptors (Lipinski definition) is 6. The highest BCUT2D eigenvalue weighted by Gasteiger charge is 2.28. The molecule has 224 valence electrons. The molecule has 1 aromatic heterocycles. The van der Waals surface area contributed by atoms with Gasteiger partial charge in [0, 0.05) is 22.9 Å². The topological polar surface area (TPSA) is 64.3 Å². The van der Waals surface area contributed by atoms with Crippen molar-refractivity contribution in [2.75, 3.05) is 11.4 Å². The lowest BCUT2D eigenvalue weighted by atomic mass is 10.1. The van der Waals surface area contributed by atoms with Gasteiger partial charge in [-0.2, -0.15) is 4.57 Å². The van der Waals surface area contributed by atoms with E-state index in [-0.39, 0.29) is 4.90 Å². The van der Waals surface area contributed by atoms with Gasteiger partial charge in [-0.3, -0.25) is 0 Å². The molecule has 8 heteroatoms. The molecule has 0 saturated carbocycles. The van der Waals surface area contributed by atoms with Gasteiger partial charge in [0.25, 0.3) is 5.01 Å². The average molecular weight is 647 g/mol. The van der Waals surface area contributed by atoms with E-state index in [4.69, 9.17) is 0 Å². The zero-order valence-electron chi connectivity index (χ0n) is 24.8. The molecular weight excluding hydrogens is 617 g/mol. The van der Waals surface area contributed by atoms with Crippen LogP contribution in [0.15, 0.2) is 130 Å². The summed E-state index contributed by atoms with van der Waals surface area (Å²) in [5.74, 6) is 0. The van der Waals surface area contributed by atoms with E-state index < -0.39 is 10.1 Å². The van der Waals surface area contributed by atoms with E-state index in [9.17, 15) is 13.0 Å². The third-order valence-electron chi connectivity index (χ3n) is 8.13. The number of aryl methyl sites for hydroxylation is 1. The second kappa shape index (κ2) is 11.9. The first-order valence-corrected chi connectivity index (χ1v) is 17.9. The molecule has 0 radical (unpaired) electrons. The molecule has 0 amide bonds. The van der Waals surface area contributed by atoms with E-state index in [1.54, 1.807) is 18.2 Å². The summed E-state index contributed by atoms with van der Waals surface area (Å²) in [4.78, 5) is 3.64. The maximum atomic E-state index is 10.7. The van der Waals surface area contributed by atoms with Crippen LogP contribution < -0.4 is 9.47 Å².